The predicted molar refractivity (Wildman–Crippen MR) is 87.9 cm³/mol. The normalized spacial score (nSPS) is 22.3. The van der Waals surface area contributed by atoms with E-state index in [4.69, 9.17) is 9.47 Å². The van der Waals surface area contributed by atoms with Crippen LogP contribution in [0, 0.1) is 11.8 Å². The van der Waals surface area contributed by atoms with Crippen molar-refractivity contribution in [2.75, 3.05) is 32.8 Å². The molecule has 2 atom stereocenters. The minimum atomic E-state index is 0.555. The lowest BCUT2D eigenvalue weighted by atomic mass is 9.92. The lowest BCUT2D eigenvalue weighted by Crippen LogP contribution is -2.40. The van der Waals surface area contributed by atoms with Gasteiger partial charge in [0.1, 0.15) is 12.9 Å². The van der Waals surface area contributed by atoms with Crippen molar-refractivity contribution in [3.05, 3.63) is 23.8 Å². The van der Waals surface area contributed by atoms with Crippen LogP contribution < -0.4 is 9.47 Å². The Morgan fingerprint density at radius 3 is 2.55 bits per heavy atom. The second-order valence-corrected chi connectivity index (χ2v) is 6.31. The zero-order chi connectivity index (χ0) is 15.9. The summed E-state index contributed by atoms with van der Waals surface area (Å²) in [4.78, 5) is 13.3. The molecule has 0 aliphatic carbocycles. The first-order chi connectivity index (χ1) is 10.6. The minimum Gasteiger partial charge on any atom is -0.490 e. The molecular weight excluding hydrogens is 278 g/mol. The van der Waals surface area contributed by atoms with E-state index in [1.807, 2.05) is 13.0 Å². The Hall–Kier alpha value is -1.55. The maximum absolute atomic E-state index is 10.9. The van der Waals surface area contributed by atoms with Crippen LogP contribution in [0.1, 0.15) is 37.6 Å². The number of aldehydes is 1. The standard InChI is InChI=1S/C18H27NO3/c1-4-21-18-10-16(13-20)5-6-17(18)22-8-7-19-11-14(2)9-15(3)12-19/h5-6,10,13-15H,4,7-9,11-12H2,1-3H3/t14-,15-/m0/s1. The minimum absolute atomic E-state index is 0.555. The molecule has 0 N–H and O–H groups in total. The van der Waals surface area contributed by atoms with Crippen molar-refractivity contribution >= 4 is 6.29 Å². The average molecular weight is 305 g/mol. The van der Waals surface area contributed by atoms with Crippen LogP contribution in [-0.4, -0.2) is 44.0 Å². The molecule has 0 spiro atoms. The molecule has 0 bridgehead atoms. The van der Waals surface area contributed by atoms with Crippen molar-refractivity contribution in [3.8, 4) is 11.5 Å². The van der Waals surface area contributed by atoms with Crippen LogP contribution in [-0.2, 0) is 0 Å². The third-order valence-electron chi connectivity index (χ3n) is 4.01. The van der Waals surface area contributed by atoms with Crippen LogP contribution in [0.25, 0.3) is 0 Å². The second-order valence-electron chi connectivity index (χ2n) is 6.31. The van der Waals surface area contributed by atoms with Crippen LogP contribution in [0.15, 0.2) is 18.2 Å². The van der Waals surface area contributed by atoms with Gasteiger partial charge in [0, 0.05) is 25.2 Å². The van der Waals surface area contributed by atoms with E-state index in [1.165, 1.54) is 6.42 Å². The van der Waals surface area contributed by atoms with E-state index in [-0.39, 0.29) is 0 Å². The van der Waals surface area contributed by atoms with Gasteiger partial charge in [0.05, 0.1) is 6.61 Å². The number of ether oxygens (including phenoxy) is 2. The number of carbonyl (C=O) groups is 1. The maximum Gasteiger partial charge on any atom is 0.161 e. The van der Waals surface area contributed by atoms with Gasteiger partial charge in [0.15, 0.2) is 11.5 Å². The summed E-state index contributed by atoms with van der Waals surface area (Å²) < 4.78 is 11.4. The van der Waals surface area contributed by atoms with E-state index in [1.54, 1.807) is 12.1 Å². The molecule has 2 rings (SSSR count). The lowest BCUT2D eigenvalue weighted by molar-refractivity contribution is 0.112. The van der Waals surface area contributed by atoms with Crippen LogP contribution in [0.3, 0.4) is 0 Å². The highest BCUT2D eigenvalue weighted by Crippen LogP contribution is 2.28. The fourth-order valence-electron chi connectivity index (χ4n) is 3.24. The molecule has 0 aromatic heterocycles. The molecule has 1 aromatic rings. The molecular formula is C18H27NO3. The number of likely N-dealkylation sites (tertiary alicyclic amines) is 1. The number of hydrogen-bond donors (Lipinski definition) is 0. The van der Waals surface area contributed by atoms with Crippen molar-refractivity contribution in [2.45, 2.75) is 27.2 Å². The molecule has 0 amide bonds. The van der Waals surface area contributed by atoms with Gasteiger partial charge >= 0.3 is 0 Å². The van der Waals surface area contributed by atoms with Gasteiger partial charge in [0.2, 0.25) is 0 Å². The summed E-state index contributed by atoms with van der Waals surface area (Å²) in [5.74, 6) is 2.88. The van der Waals surface area contributed by atoms with E-state index in [0.29, 0.717) is 30.3 Å². The first-order valence-electron chi connectivity index (χ1n) is 8.19. The van der Waals surface area contributed by atoms with Gasteiger partial charge in [-0.15, -0.1) is 0 Å². The maximum atomic E-state index is 10.9. The number of benzene rings is 1. The van der Waals surface area contributed by atoms with Crippen LogP contribution in [0.2, 0.25) is 0 Å². The largest absolute Gasteiger partial charge is 0.490 e. The van der Waals surface area contributed by atoms with E-state index < -0.39 is 0 Å². The molecule has 0 unspecified atom stereocenters. The SMILES string of the molecule is CCOc1cc(C=O)ccc1OCCN1C[C@@H](C)C[C@H](C)C1. The molecule has 4 nitrogen and oxygen atoms in total. The van der Waals surface area contributed by atoms with Gasteiger partial charge in [-0.2, -0.15) is 0 Å². The molecule has 22 heavy (non-hydrogen) atoms. The predicted octanol–water partition coefficient (Wildman–Crippen LogP) is 3.25. The third kappa shape index (κ3) is 4.73. The Balaban J connectivity index is 1.89. The average Bonchev–Trinajstić information content (AvgIpc) is 2.48. The van der Waals surface area contributed by atoms with E-state index in [2.05, 4.69) is 18.7 Å². The van der Waals surface area contributed by atoms with E-state index in [9.17, 15) is 4.79 Å². The summed E-state index contributed by atoms with van der Waals surface area (Å²) in [6.07, 6.45) is 2.14. The van der Waals surface area contributed by atoms with Gasteiger partial charge in [-0.25, -0.2) is 0 Å². The third-order valence-corrected chi connectivity index (χ3v) is 4.01. The van der Waals surface area contributed by atoms with E-state index in [0.717, 1.165) is 37.8 Å². The Kier molecular flexibility index (Phi) is 6.25. The Labute approximate surface area is 133 Å². The number of hydrogen-bond acceptors (Lipinski definition) is 4. The monoisotopic (exact) mass is 305 g/mol. The molecule has 1 saturated heterocycles. The number of carbonyl (C=O) groups excluding carboxylic acids is 1. The summed E-state index contributed by atoms with van der Waals surface area (Å²) >= 11 is 0. The van der Waals surface area contributed by atoms with Gasteiger partial charge in [-0.1, -0.05) is 13.8 Å². The summed E-state index contributed by atoms with van der Waals surface area (Å²) in [7, 11) is 0. The summed E-state index contributed by atoms with van der Waals surface area (Å²) in [5.41, 5.74) is 0.606. The van der Waals surface area contributed by atoms with Crippen molar-refractivity contribution in [1.82, 2.24) is 4.90 Å². The zero-order valence-electron chi connectivity index (χ0n) is 13.9. The summed E-state index contributed by atoms with van der Waals surface area (Å²) in [6, 6.07) is 5.31. The summed E-state index contributed by atoms with van der Waals surface area (Å²) in [5, 5.41) is 0. The quantitative estimate of drug-likeness (QED) is 0.725. The molecule has 1 fully saturated rings. The summed E-state index contributed by atoms with van der Waals surface area (Å²) in [6.45, 7) is 11.0. The number of piperidine rings is 1. The van der Waals surface area contributed by atoms with Crippen molar-refractivity contribution in [2.24, 2.45) is 11.8 Å². The highest BCUT2D eigenvalue weighted by atomic mass is 16.5. The Morgan fingerprint density at radius 2 is 1.91 bits per heavy atom. The number of nitrogens with zero attached hydrogens (tertiary/aromatic N) is 1. The number of rotatable bonds is 7. The fraction of sp³-hybridized carbons (Fsp3) is 0.611. The first-order valence-corrected chi connectivity index (χ1v) is 8.19. The fourth-order valence-corrected chi connectivity index (χ4v) is 3.24. The molecule has 0 radical (unpaired) electrons. The smallest absolute Gasteiger partial charge is 0.161 e. The molecule has 0 saturated carbocycles. The second kappa shape index (κ2) is 8.18. The molecule has 1 aromatic carbocycles. The molecule has 122 valence electrons. The van der Waals surface area contributed by atoms with Crippen molar-refractivity contribution < 1.29 is 14.3 Å². The van der Waals surface area contributed by atoms with Gasteiger partial charge < -0.3 is 9.47 Å². The van der Waals surface area contributed by atoms with Gasteiger partial charge in [-0.05, 0) is 43.4 Å². The topological polar surface area (TPSA) is 38.8 Å². The van der Waals surface area contributed by atoms with Gasteiger partial charge in [0.25, 0.3) is 0 Å². The van der Waals surface area contributed by atoms with Crippen LogP contribution >= 0.6 is 0 Å². The van der Waals surface area contributed by atoms with Crippen molar-refractivity contribution in [3.63, 3.8) is 0 Å². The highest BCUT2D eigenvalue weighted by Gasteiger charge is 2.21. The first kappa shape index (κ1) is 16.8. The van der Waals surface area contributed by atoms with Crippen LogP contribution in [0.4, 0.5) is 0 Å². The Morgan fingerprint density at radius 1 is 1.18 bits per heavy atom. The lowest BCUT2D eigenvalue weighted by Gasteiger charge is -2.34. The highest BCUT2D eigenvalue weighted by molar-refractivity contribution is 5.76. The molecule has 4 heteroatoms. The molecule has 1 heterocycles. The van der Waals surface area contributed by atoms with Crippen LogP contribution in [0.5, 0.6) is 11.5 Å². The zero-order valence-corrected chi connectivity index (χ0v) is 13.9. The molecule has 1 aliphatic rings. The van der Waals surface area contributed by atoms with E-state index >= 15 is 0 Å². The molecule has 1 aliphatic heterocycles. The van der Waals surface area contributed by atoms with Crippen molar-refractivity contribution in [1.29, 1.82) is 0 Å². The Bertz CT molecular complexity index is 479. The van der Waals surface area contributed by atoms with Gasteiger partial charge in [-0.3, -0.25) is 9.69 Å².